The Bertz CT molecular complexity index is 552. The third kappa shape index (κ3) is 5.32. The fourth-order valence-electron chi connectivity index (χ4n) is 2.41. The lowest BCUT2D eigenvalue weighted by atomic mass is 10.2. The Morgan fingerprint density at radius 3 is 2.65 bits per heavy atom. The Morgan fingerprint density at radius 2 is 2.09 bits per heavy atom. The van der Waals surface area contributed by atoms with Crippen LogP contribution >= 0.6 is 11.3 Å². The van der Waals surface area contributed by atoms with E-state index in [1.165, 1.54) is 24.2 Å². The van der Waals surface area contributed by atoms with Crippen LogP contribution in [-0.2, 0) is 16.0 Å². The molecule has 6 heteroatoms. The van der Waals surface area contributed by atoms with Crippen LogP contribution in [0.3, 0.4) is 0 Å². The maximum atomic E-state index is 12.3. The molecule has 1 saturated carbocycles. The Balaban J connectivity index is 2.00. The molecule has 0 unspecified atom stereocenters. The van der Waals surface area contributed by atoms with E-state index in [1.807, 2.05) is 13.0 Å². The van der Waals surface area contributed by atoms with Crippen LogP contribution in [0, 0.1) is 5.92 Å². The minimum atomic E-state index is -0.371. The van der Waals surface area contributed by atoms with Gasteiger partial charge in [0.05, 0.1) is 18.7 Å². The van der Waals surface area contributed by atoms with Gasteiger partial charge in [-0.25, -0.2) is 4.79 Å². The number of hydrogen-bond acceptors (Lipinski definition) is 5. The maximum Gasteiger partial charge on any atom is 0.341 e. The van der Waals surface area contributed by atoms with Gasteiger partial charge in [-0.05, 0) is 44.7 Å². The molecule has 1 heterocycles. The van der Waals surface area contributed by atoms with Crippen LogP contribution in [0.15, 0.2) is 6.07 Å². The molecule has 1 N–H and O–H groups in total. The van der Waals surface area contributed by atoms with Gasteiger partial charge in [0.2, 0.25) is 5.91 Å². The summed E-state index contributed by atoms with van der Waals surface area (Å²) in [5.41, 5.74) is 0.465. The number of hydrogen-bond donors (Lipinski definition) is 1. The van der Waals surface area contributed by atoms with E-state index in [0.29, 0.717) is 23.7 Å². The molecule has 0 radical (unpaired) electrons. The first-order valence-corrected chi connectivity index (χ1v) is 9.20. The quantitative estimate of drug-likeness (QED) is 0.703. The number of carbonyl (C=O) groups is 2. The third-order valence-electron chi connectivity index (χ3n) is 3.91. The number of anilines is 1. The predicted molar refractivity (Wildman–Crippen MR) is 93.1 cm³/mol. The van der Waals surface area contributed by atoms with E-state index in [-0.39, 0.29) is 11.9 Å². The topological polar surface area (TPSA) is 58.6 Å². The summed E-state index contributed by atoms with van der Waals surface area (Å²) in [7, 11) is 0. The zero-order chi connectivity index (χ0) is 16.8. The average Bonchev–Trinajstić information content (AvgIpc) is 3.25. The summed E-state index contributed by atoms with van der Waals surface area (Å²) >= 11 is 1.45. The first-order chi connectivity index (χ1) is 11.1. The number of aryl methyl sites for hydroxylation is 1. The molecule has 5 nitrogen and oxygen atoms in total. The second kappa shape index (κ2) is 8.45. The van der Waals surface area contributed by atoms with E-state index in [9.17, 15) is 9.59 Å². The van der Waals surface area contributed by atoms with Gasteiger partial charge in [-0.15, -0.1) is 11.3 Å². The fourth-order valence-corrected chi connectivity index (χ4v) is 3.41. The van der Waals surface area contributed by atoms with Crippen molar-refractivity contribution < 1.29 is 14.3 Å². The largest absolute Gasteiger partial charge is 0.462 e. The average molecular weight is 338 g/mol. The Labute approximate surface area is 142 Å². The first kappa shape index (κ1) is 17.9. The second-order valence-electron chi connectivity index (χ2n) is 5.85. The van der Waals surface area contributed by atoms with E-state index in [1.54, 1.807) is 6.92 Å². The lowest BCUT2D eigenvalue weighted by molar-refractivity contribution is -0.117. The van der Waals surface area contributed by atoms with Gasteiger partial charge < -0.3 is 10.1 Å². The van der Waals surface area contributed by atoms with Crippen molar-refractivity contribution in [1.29, 1.82) is 0 Å². The zero-order valence-electron chi connectivity index (χ0n) is 14.2. The molecule has 0 aromatic carbocycles. The number of esters is 1. The minimum Gasteiger partial charge on any atom is -0.462 e. The van der Waals surface area contributed by atoms with Gasteiger partial charge in [-0.2, -0.15) is 0 Å². The molecule has 1 aliphatic rings. The normalized spacial score (nSPS) is 14.1. The van der Waals surface area contributed by atoms with Gasteiger partial charge >= 0.3 is 5.97 Å². The van der Waals surface area contributed by atoms with Gasteiger partial charge in [0, 0.05) is 11.4 Å². The molecule has 0 spiro atoms. The molecule has 128 valence electrons. The van der Waals surface area contributed by atoms with Crippen LogP contribution in [0.2, 0.25) is 0 Å². The molecule has 1 aromatic rings. The van der Waals surface area contributed by atoms with E-state index in [2.05, 4.69) is 17.1 Å². The van der Waals surface area contributed by atoms with Crippen molar-refractivity contribution in [3.05, 3.63) is 16.5 Å². The SMILES string of the molecule is CCOC(=O)c1cc(CC)sc1NC(=O)CN(CC)CC1CC1. The number of ether oxygens (including phenoxy) is 1. The summed E-state index contributed by atoms with van der Waals surface area (Å²) < 4.78 is 5.08. The molecule has 0 aliphatic heterocycles. The van der Waals surface area contributed by atoms with E-state index < -0.39 is 0 Å². The van der Waals surface area contributed by atoms with Gasteiger partial charge in [0.1, 0.15) is 5.00 Å². The van der Waals surface area contributed by atoms with Crippen LogP contribution in [0.25, 0.3) is 0 Å². The Hall–Kier alpha value is -1.40. The number of carbonyl (C=O) groups excluding carboxylic acids is 2. The van der Waals surface area contributed by atoms with E-state index in [0.717, 1.165) is 30.3 Å². The summed E-state index contributed by atoms with van der Waals surface area (Å²) in [5.74, 6) is 0.318. The van der Waals surface area contributed by atoms with Gasteiger partial charge in [-0.3, -0.25) is 9.69 Å². The highest BCUT2D eigenvalue weighted by molar-refractivity contribution is 7.16. The Kier molecular flexibility index (Phi) is 6.59. The summed E-state index contributed by atoms with van der Waals surface area (Å²) in [6.45, 7) is 8.42. The monoisotopic (exact) mass is 338 g/mol. The maximum absolute atomic E-state index is 12.3. The van der Waals surface area contributed by atoms with Crippen molar-refractivity contribution in [3.63, 3.8) is 0 Å². The molecular formula is C17H26N2O3S. The molecule has 1 aromatic heterocycles. The predicted octanol–water partition coefficient (Wildman–Crippen LogP) is 3.16. The summed E-state index contributed by atoms with van der Waals surface area (Å²) in [4.78, 5) is 27.6. The molecule has 1 aliphatic carbocycles. The molecule has 0 atom stereocenters. The third-order valence-corrected chi connectivity index (χ3v) is 5.10. The molecule has 0 saturated heterocycles. The van der Waals surface area contributed by atoms with Crippen molar-refractivity contribution >= 4 is 28.2 Å². The fraction of sp³-hybridized carbons (Fsp3) is 0.647. The number of nitrogens with one attached hydrogen (secondary N) is 1. The van der Waals surface area contributed by atoms with Crippen molar-refractivity contribution in [2.24, 2.45) is 5.92 Å². The van der Waals surface area contributed by atoms with Crippen molar-refractivity contribution in [2.45, 2.75) is 40.0 Å². The highest BCUT2D eigenvalue weighted by Crippen LogP contribution is 2.30. The number of likely N-dealkylation sites (N-methyl/N-ethyl adjacent to an activating group) is 1. The minimum absolute atomic E-state index is 0.0671. The summed E-state index contributed by atoms with van der Waals surface area (Å²) in [6.07, 6.45) is 3.38. The lowest BCUT2D eigenvalue weighted by Gasteiger charge is -2.19. The van der Waals surface area contributed by atoms with Crippen molar-refractivity contribution in [2.75, 3.05) is 31.6 Å². The van der Waals surface area contributed by atoms with E-state index in [4.69, 9.17) is 4.74 Å². The molecule has 23 heavy (non-hydrogen) atoms. The van der Waals surface area contributed by atoms with Crippen LogP contribution in [0.4, 0.5) is 5.00 Å². The Morgan fingerprint density at radius 1 is 1.35 bits per heavy atom. The first-order valence-electron chi connectivity index (χ1n) is 8.39. The number of thiophene rings is 1. The summed E-state index contributed by atoms with van der Waals surface area (Å²) in [6, 6.07) is 1.82. The van der Waals surface area contributed by atoms with Crippen LogP contribution in [-0.4, -0.2) is 43.0 Å². The molecular weight excluding hydrogens is 312 g/mol. The highest BCUT2D eigenvalue weighted by Gasteiger charge is 2.25. The molecule has 1 amide bonds. The number of amides is 1. The molecule has 2 rings (SSSR count). The van der Waals surface area contributed by atoms with Crippen molar-refractivity contribution in [3.8, 4) is 0 Å². The van der Waals surface area contributed by atoms with Crippen molar-refractivity contribution in [1.82, 2.24) is 4.90 Å². The molecule has 0 bridgehead atoms. The highest BCUT2D eigenvalue weighted by atomic mass is 32.1. The van der Waals surface area contributed by atoms with Gasteiger partial charge in [0.15, 0.2) is 0 Å². The van der Waals surface area contributed by atoms with Crippen LogP contribution < -0.4 is 5.32 Å². The van der Waals surface area contributed by atoms with Crippen LogP contribution in [0.5, 0.6) is 0 Å². The number of rotatable bonds is 9. The van der Waals surface area contributed by atoms with Gasteiger partial charge in [-0.1, -0.05) is 13.8 Å². The summed E-state index contributed by atoms with van der Waals surface area (Å²) in [5, 5.41) is 3.50. The second-order valence-corrected chi connectivity index (χ2v) is 6.99. The van der Waals surface area contributed by atoms with Gasteiger partial charge in [0.25, 0.3) is 0 Å². The number of nitrogens with zero attached hydrogens (tertiary/aromatic N) is 1. The smallest absolute Gasteiger partial charge is 0.341 e. The molecule has 1 fully saturated rings. The van der Waals surface area contributed by atoms with Crippen LogP contribution in [0.1, 0.15) is 48.8 Å². The lowest BCUT2D eigenvalue weighted by Crippen LogP contribution is -2.34. The standard InChI is InChI=1S/C17H26N2O3S/c1-4-13-9-14(17(21)22-6-3)16(23-13)18-15(20)11-19(5-2)10-12-7-8-12/h9,12H,4-8,10-11H2,1-3H3,(H,18,20). The van der Waals surface area contributed by atoms with E-state index >= 15 is 0 Å². The zero-order valence-corrected chi connectivity index (χ0v) is 15.0.